The highest BCUT2D eigenvalue weighted by Gasteiger charge is 2.34. The second-order valence-corrected chi connectivity index (χ2v) is 6.27. The highest BCUT2D eigenvalue weighted by atomic mass is 16.4. The first-order chi connectivity index (χ1) is 10.9. The normalized spacial score (nSPS) is 17.6. The van der Waals surface area contributed by atoms with Gasteiger partial charge in [0.25, 0.3) is 0 Å². The number of rotatable bonds is 6. The molecule has 23 heavy (non-hydrogen) atoms. The quantitative estimate of drug-likeness (QED) is 0.843. The maximum absolute atomic E-state index is 11.9. The van der Waals surface area contributed by atoms with Crippen LogP contribution < -0.4 is 10.2 Å². The van der Waals surface area contributed by atoms with E-state index in [-0.39, 0.29) is 24.8 Å². The maximum Gasteiger partial charge on any atom is 0.308 e. The molecule has 2 N–H and O–H groups in total. The molecule has 0 radical (unpaired) electrons. The zero-order valence-electron chi connectivity index (χ0n) is 13.4. The van der Waals surface area contributed by atoms with Gasteiger partial charge in [0.15, 0.2) is 0 Å². The van der Waals surface area contributed by atoms with Crippen molar-refractivity contribution in [2.24, 2.45) is 11.8 Å². The van der Waals surface area contributed by atoms with Gasteiger partial charge in [-0.1, -0.05) is 13.8 Å². The molecule has 0 aromatic heterocycles. The van der Waals surface area contributed by atoms with Crippen LogP contribution in [0.25, 0.3) is 0 Å². The highest BCUT2D eigenvalue weighted by molar-refractivity contribution is 5.99. The van der Waals surface area contributed by atoms with Gasteiger partial charge in [-0.2, -0.15) is 0 Å². The van der Waals surface area contributed by atoms with Crippen LogP contribution in [-0.4, -0.2) is 29.4 Å². The van der Waals surface area contributed by atoms with Crippen LogP contribution >= 0.6 is 0 Å². The lowest BCUT2D eigenvalue weighted by Gasteiger charge is -2.16. The van der Waals surface area contributed by atoms with Gasteiger partial charge in [-0.15, -0.1) is 0 Å². The summed E-state index contributed by atoms with van der Waals surface area (Å²) in [6.07, 6.45) is 1.34. The first-order valence-corrected chi connectivity index (χ1v) is 7.80. The van der Waals surface area contributed by atoms with Crippen LogP contribution in [0.15, 0.2) is 24.3 Å². The molecule has 1 atom stereocenters. The molecule has 0 unspecified atom stereocenters. The van der Waals surface area contributed by atoms with E-state index < -0.39 is 11.9 Å². The van der Waals surface area contributed by atoms with Crippen molar-refractivity contribution in [2.45, 2.75) is 33.1 Å². The Bertz CT molecular complexity index is 595. The highest BCUT2D eigenvalue weighted by Crippen LogP contribution is 2.26. The molecule has 0 aliphatic carbocycles. The van der Waals surface area contributed by atoms with Crippen molar-refractivity contribution in [3.63, 3.8) is 0 Å². The average Bonchev–Trinajstić information content (AvgIpc) is 2.88. The van der Waals surface area contributed by atoms with Crippen LogP contribution in [0.1, 0.15) is 33.1 Å². The second kappa shape index (κ2) is 7.26. The minimum atomic E-state index is -0.949. The van der Waals surface area contributed by atoms with E-state index in [2.05, 4.69) is 19.2 Å². The summed E-state index contributed by atoms with van der Waals surface area (Å²) in [4.78, 5) is 36.1. The Labute approximate surface area is 135 Å². The van der Waals surface area contributed by atoms with Crippen molar-refractivity contribution >= 4 is 29.2 Å². The van der Waals surface area contributed by atoms with Gasteiger partial charge in [-0.25, -0.2) is 0 Å². The van der Waals surface area contributed by atoms with Crippen LogP contribution in [0.5, 0.6) is 0 Å². The van der Waals surface area contributed by atoms with Crippen LogP contribution in [0.2, 0.25) is 0 Å². The molecule has 1 aromatic carbocycles. The number of amides is 2. The van der Waals surface area contributed by atoms with Crippen molar-refractivity contribution < 1.29 is 19.5 Å². The number of nitrogens with one attached hydrogen (secondary N) is 1. The second-order valence-electron chi connectivity index (χ2n) is 6.27. The number of hydrogen-bond donors (Lipinski definition) is 2. The molecule has 2 rings (SSSR count). The van der Waals surface area contributed by atoms with E-state index in [0.29, 0.717) is 23.7 Å². The molecule has 124 valence electrons. The van der Waals surface area contributed by atoms with Crippen molar-refractivity contribution in [3.05, 3.63) is 24.3 Å². The molecule has 6 heteroatoms. The Morgan fingerprint density at radius 1 is 1.30 bits per heavy atom. The Hall–Kier alpha value is -2.37. The Balaban J connectivity index is 1.96. The number of carbonyl (C=O) groups is 3. The third kappa shape index (κ3) is 4.55. The van der Waals surface area contributed by atoms with Gasteiger partial charge < -0.3 is 15.3 Å². The van der Waals surface area contributed by atoms with Crippen molar-refractivity contribution in [2.75, 3.05) is 16.8 Å². The molecule has 1 heterocycles. The van der Waals surface area contributed by atoms with Gasteiger partial charge in [0.2, 0.25) is 11.8 Å². The fourth-order valence-electron chi connectivity index (χ4n) is 2.49. The van der Waals surface area contributed by atoms with Crippen molar-refractivity contribution in [1.82, 2.24) is 0 Å². The van der Waals surface area contributed by atoms with Gasteiger partial charge in [-0.3, -0.25) is 14.4 Å². The molecule has 0 saturated carbocycles. The number of hydrogen-bond acceptors (Lipinski definition) is 3. The molecule has 0 bridgehead atoms. The number of carbonyl (C=O) groups excluding carboxylic acids is 2. The summed E-state index contributed by atoms with van der Waals surface area (Å²) in [5.41, 5.74) is 1.32. The topological polar surface area (TPSA) is 86.7 Å². The van der Waals surface area contributed by atoms with Crippen LogP contribution in [0, 0.1) is 11.8 Å². The summed E-state index contributed by atoms with van der Waals surface area (Å²) in [5, 5.41) is 11.8. The lowest BCUT2D eigenvalue weighted by molar-refractivity contribution is -0.141. The van der Waals surface area contributed by atoms with E-state index in [4.69, 9.17) is 5.11 Å². The predicted octanol–water partition coefficient (Wildman–Crippen LogP) is 2.50. The molecule has 1 aliphatic heterocycles. The number of aliphatic carboxylic acids is 1. The number of carboxylic acid groups (broad SMARTS) is 1. The summed E-state index contributed by atoms with van der Waals surface area (Å²) in [6, 6.07) is 6.90. The van der Waals surface area contributed by atoms with Gasteiger partial charge >= 0.3 is 5.97 Å². The van der Waals surface area contributed by atoms with Gasteiger partial charge in [0.1, 0.15) is 0 Å². The molecule has 6 nitrogen and oxygen atoms in total. The molecular formula is C17H22N2O4. The predicted molar refractivity (Wildman–Crippen MR) is 87.2 cm³/mol. The Kier molecular flexibility index (Phi) is 5.36. The maximum atomic E-state index is 11.9. The third-order valence-corrected chi connectivity index (χ3v) is 3.89. The first kappa shape index (κ1) is 17.0. The third-order valence-electron chi connectivity index (χ3n) is 3.89. The fraction of sp³-hybridized carbons (Fsp3) is 0.471. The monoisotopic (exact) mass is 318 g/mol. The van der Waals surface area contributed by atoms with E-state index in [1.165, 1.54) is 4.90 Å². The van der Waals surface area contributed by atoms with E-state index >= 15 is 0 Å². The van der Waals surface area contributed by atoms with E-state index in [0.717, 1.165) is 6.42 Å². The molecule has 1 saturated heterocycles. The molecule has 0 spiro atoms. The lowest BCUT2D eigenvalue weighted by Crippen LogP contribution is -2.25. The summed E-state index contributed by atoms with van der Waals surface area (Å²) < 4.78 is 0. The molecular weight excluding hydrogens is 296 g/mol. The van der Waals surface area contributed by atoms with Crippen LogP contribution in [0.4, 0.5) is 11.4 Å². The Morgan fingerprint density at radius 2 is 1.96 bits per heavy atom. The number of anilines is 2. The van der Waals surface area contributed by atoms with Crippen molar-refractivity contribution in [1.29, 1.82) is 0 Å². The minimum Gasteiger partial charge on any atom is -0.481 e. The summed E-state index contributed by atoms with van der Waals surface area (Å²) in [7, 11) is 0. The number of benzene rings is 1. The fourth-order valence-corrected chi connectivity index (χ4v) is 2.49. The zero-order chi connectivity index (χ0) is 17.0. The van der Waals surface area contributed by atoms with Gasteiger partial charge in [0.05, 0.1) is 5.92 Å². The molecule has 1 aromatic rings. The minimum absolute atomic E-state index is 0.0308. The van der Waals surface area contributed by atoms with E-state index in [1.54, 1.807) is 24.3 Å². The van der Waals surface area contributed by atoms with Crippen molar-refractivity contribution in [3.8, 4) is 0 Å². The van der Waals surface area contributed by atoms with E-state index in [1.807, 2.05) is 0 Å². The SMILES string of the molecule is CC(C)CCC(=O)Nc1ccc(N2C[C@@H](C(=O)O)CC2=O)cc1. The van der Waals surface area contributed by atoms with Crippen LogP contribution in [0.3, 0.4) is 0 Å². The molecule has 1 fully saturated rings. The smallest absolute Gasteiger partial charge is 0.308 e. The standard InChI is InChI=1S/C17H22N2O4/c1-11(2)3-8-15(20)18-13-4-6-14(7-5-13)19-10-12(17(22)23)9-16(19)21/h4-7,11-12H,3,8-10H2,1-2H3,(H,18,20)(H,22,23)/t12-/m0/s1. The summed E-state index contributed by atoms with van der Waals surface area (Å²) >= 11 is 0. The van der Waals surface area contributed by atoms with Crippen LogP contribution in [-0.2, 0) is 14.4 Å². The summed E-state index contributed by atoms with van der Waals surface area (Å²) in [5.74, 6) is -1.35. The molecule has 2 amide bonds. The summed E-state index contributed by atoms with van der Waals surface area (Å²) in [6.45, 7) is 4.33. The largest absolute Gasteiger partial charge is 0.481 e. The van der Waals surface area contributed by atoms with Gasteiger partial charge in [-0.05, 0) is 36.6 Å². The molecule has 1 aliphatic rings. The van der Waals surface area contributed by atoms with Gasteiger partial charge in [0, 0.05) is 30.8 Å². The average molecular weight is 318 g/mol. The number of nitrogens with zero attached hydrogens (tertiary/aromatic N) is 1. The number of carboxylic acids is 1. The van der Waals surface area contributed by atoms with E-state index in [9.17, 15) is 14.4 Å². The zero-order valence-corrected chi connectivity index (χ0v) is 13.4. The Morgan fingerprint density at radius 3 is 2.48 bits per heavy atom. The lowest BCUT2D eigenvalue weighted by atomic mass is 10.1. The first-order valence-electron chi connectivity index (χ1n) is 7.80.